The number of amides is 5. The molecule has 0 spiro atoms. The maximum atomic E-state index is 14.5. The summed E-state index contributed by atoms with van der Waals surface area (Å²) in [6.07, 6.45) is 6.89. The molecule has 4 fully saturated rings. The Bertz CT molecular complexity index is 1410. The minimum atomic E-state index is -3.69. The van der Waals surface area contributed by atoms with Crippen LogP contribution >= 0.6 is 0 Å². The molecule has 3 saturated carbocycles. The summed E-state index contributed by atoms with van der Waals surface area (Å²) in [6.45, 7) is 15.5. The maximum absolute atomic E-state index is 14.5. The SMILES string of the molecule is CCCCC(NC(=O)C1C2C(CN1C(=O)C(NC(=O)NC1(CS(=O)(=O)N(C)C(C)C)CCCCC1)C(C)(C)C)C2(C)C)C(=O)C(=O)NC1CC1. The number of Topliss-reactive ketones (excluding diaryl/α,β-unsaturated/α-hetero) is 1. The number of carbonyl (C=O) groups excluding carboxylic acids is 5. The molecule has 4 aliphatic rings. The summed E-state index contributed by atoms with van der Waals surface area (Å²) in [7, 11) is -2.14. The van der Waals surface area contributed by atoms with Crippen molar-refractivity contribution in [2.24, 2.45) is 22.7 Å². The van der Waals surface area contributed by atoms with Gasteiger partial charge < -0.3 is 26.2 Å². The van der Waals surface area contributed by atoms with E-state index in [4.69, 9.17) is 0 Å². The fourth-order valence-electron chi connectivity index (χ4n) is 7.92. The first-order valence-corrected chi connectivity index (χ1v) is 20.3. The van der Waals surface area contributed by atoms with Gasteiger partial charge >= 0.3 is 6.03 Å². The molecule has 0 bridgehead atoms. The average Bonchev–Trinajstić information content (AvgIpc) is 3.87. The Morgan fingerprint density at radius 2 is 1.60 bits per heavy atom. The fraction of sp³-hybridized carbons (Fsp3) is 0.861. The van der Waals surface area contributed by atoms with Crippen LogP contribution in [0.5, 0.6) is 0 Å². The van der Waals surface area contributed by atoms with E-state index in [1.54, 1.807) is 20.9 Å². The molecule has 0 aromatic heterocycles. The fourth-order valence-corrected chi connectivity index (χ4v) is 9.82. The van der Waals surface area contributed by atoms with E-state index in [1.807, 2.05) is 27.7 Å². The van der Waals surface area contributed by atoms with Crippen molar-refractivity contribution in [3.8, 4) is 0 Å². The van der Waals surface area contributed by atoms with Crippen LogP contribution in [0.4, 0.5) is 4.79 Å². The van der Waals surface area contributed by atoms with Crippen molar-refractivity contribution in [3.05, 3.63) is 0 Å². The number of rotatable bonds is 15. The predicted octanol–water partition coefficient (Wildman–Crippen LogP) is 3.08. The lowest BCUT2D eigenvalue weighted by atomic mass is 9.83. The number of hydrogen-bond acceptors (Lipinski definition) is 7. The second-order valence-corrected chi connectivity index (χ2v) is 19.3. The van der Waals surface area contributed by atoms with Crippen molar-refractivity contribution < 1.29 is 32.4 Å². The zero-order chi connectivity index (χ0) is 37.4. The number of urea groups is 1. The first kappa shape index (κ1) is 40.0. The van der Waals surface area contributed by atoms with Gasteiger partial charge in [0.2, 0.25) is 27.6 Å². The smallest absolute Gasteiger partial charge is 0.315 e. The summed E-state index contributed by atoms with van der Waals surface area (Å²) in [5, 5.41) is 11.5. The zero-order valence-corrected chi connectivity index (χ0v) is 32.5. The van der Waals surface area contributed by atoms with Crippen LogP contribution in [0, 0.1) is 22.7 Å². The minimum absolute atomic E-state index is 0.00254. The van der Waals surface area contributed by atoms with E-state index in [1.165, 1.54) is 9.21 Å². The Kier molecular flexibility index (Phi) is 12.1. The summed E-state index contributed by atoms with van der Waals surface area (Å²) < 4.78 is 28.0. The highest BCUT2D eigenvalue weighted by atomic mass is 32.2. The normalized spacial score (nSPS) is 25.3. The van der Waals surface area contributed by atoms with Crippen molar-refractivity contribution in [2.75, 3.05) is 19.3 Å². The molecule has 284 valence electrons. The highest BCUT2D eigenvalue weighted by molar-refractivity contribution is 7.89. The van der Waals surface area contributed by atoms with Gasteiger partial charge in [-0.05, 0) is 68.6 Å². The number of hydrogen-bond donors (Lipinski definition) is 4. The van der Waals surface area contributed by atoms with E-state index in [9.17, 15) is 32.4 Å². The van der Waals surface area contributed by atoms with Crippen molar-refractivity contribution in [2.45, 2.75) is 155 Å². The second kappa shape index (κ2) is 15.1. The van der Waals surface area contributed by atoms with E-state index in [-0.39, 0.29) is 35.1 Å². The predicted molar refractivity (Wildman–Crippen MR) is 191 cm³/mol. The Balaban J connectivity index is 1.54. The number of likely N-dealkylation sites (tertiary alicyclic amines) is 1. The third kappa shape index (κ3) is 9.00. The van der Waals surface area contributed by atoms with E-state index in [0.29, 0.717) is 32.2 Å². The zero-order valence-electron chi connectivity index (χ0n) is 31.7. The molecule has 4 N–H and O–H groups in total. The first-order valence-electron chi connectivity index (χ1n) is 18.6. The molecule has 13 nitrogen and oxygen atoms in total. The van der Waals surface area contributed by atoms with Gasteiger partial charge in [-0.15, -0.1) is 0 Å². The number of piperidine rings is 1. The number of ketones is 1. The van der Waals surface area contributed by atoms with Crippen LogP contribution in [0.2, 0.25) is 0 Å². The first-order chi connectivity index (χ1) is 23.1. The van der Waals surface area contributed by atoms with E-state index >= 15 is 0 Å². The quantitative estimate of drug-likeness (QED) is 0.188. The topological polar surface area (TPSA) is 174 Å². The molecule has 5 amide bonds. The Morgan fingerprint density at radius 3 is 2.14 bits per heavy atom. The molecule has 1 saturated heterocycles. The van der Waals surface area contributed by atoms with Gasteiger partial charge in [0.25, 0.3) is 5.91 Å². The summed E-state index contributed by atoms with van der Waals surface area (Å²) in [5.41, 5.74) is -1.94. The average molecular weight is 723 g/mol. The van der Waals surface area contributed by atoms with Gasteiger partial charge in [0.15, 0.2) is 0 Å². The van der Waals surface area contributed by atoms with Crippen LogP contribution in [0.3, 0.4) is 0 Å². The number of unbranched alkanes of at least 4 members (excludes halogenated alkanes) is 1. The van der Waals surface area contributed by atoms with Crippen LogP contribution in [0.25, 0.3) is 0 Å². The molecule has 5 atom stereocenters. The van der Waals surface area contributed by atoms with Crippen molar-refractivity contribution >= 4 is 39.6 Å². The van der Waals surface area contributed by atoms with Crippen molar-refractivity contribution in [1.29, 1.82) is 0 Å². The van der Waals surface area contributed by atoms with Gasteiger partial charge in [0.05, 0.1) is 17.3 Å². The number of sulfonamides is 1. The number of nitrogens with one attached hydrogen (secondary N) is 4. The number of carbonyl (C=O) groups is 5. The molecule has 5 unspecified atom stereocenters. The lowest BCUT2D eigenvalue weighted by Crippen LogP contribution is -2.64. The maximum Gasteiger partial charge on any atom is 0.315 e. The van der Waals surface area contributed by atoms with Crippen LogP contribution in [0.1, 0.15) is 120 Å². The van der Waals surface area contributed by atoms with Crippen LogP contribution in [-0.2, 0) is 29.2 Å². The molecule has 4 rings (SSSR count). The highest BCUT2D eigenvalue weighted by Crippen LogP contribution is 2.65. The Labute approximate surface area is 299 Å². The van der Waals surface area contributed by atoms with E-state index in [2.05, 4.69) is 35.1 Å². The molecule has 50 heavy (non-hydrogen) atoms. The van der Waals surface area contributed by atoms with E-state index < -0.39 is 68.6 Å². The molecule has 3 aliphatic carbocycles. The van der Waals surface area contributed by atoms with Crippen molar-refractivity contribution in [3.63, 3.8) is 0 Å². The van der Waals surface area contributed by atoms with Gasteiger partial charge in [0, 0.05) is 25.7 Å². The highest BCUT2D eigenvalue weighted by Gasteiger charge is 2.70. The Morgan fingerprint density at radius 1 is 0.980 bits per heavy atom. The lowest BCUT2D eigenvalue weighted by Gasteiger charge is -2.41. The van der Waals surface area contributed by atoms with Gasteiger partial charge in [-0.25, -0.2) is 17.5 Å². The Hall–Kier alpha value is -2.74. The van der Waals surface area contributed by atoms with Crippen LogP contribution in [0.15, 0.2) is 0 Å². The molecule has 14 heteroatoms. The molecule has 0 aromatic rings. The van der Waals surface area contributed by atoms with Gasteiger partial charge in [-0.1, -0.05) is 73.6 Å². The summed E-state index contributed by atoms with van der Waals surface area (Å²) >= 11 is 0. The number of fused-ring (bicyclic) bond motifs is 1. The molecule has 0 aromatic carbocycles. The molecule has 1 aliphatic heterocycles. The van der Waals surface area contributed by atoms with Gasteiger partial charge in [-0.3, -0.25) is 19.2 Å². The van der Waals surface area contributed by atoms with Crippen molar-refractivity contribution in [1.82, 2.24) is 30.5 Å². The third-order valence-corrected chi connectivity index (χ3v) is 13.8. The third-order valence-electron chi connectivity index (χ3n) is 11.6. The van der Waals surface area contributed by atoms with Crippen LogP contribution < -0.4 is 21.3 Å². The largest absolute Gasteiger partial charge is 0.347 e. The van der Waals surface area contributed by atoms with Gasteiger partial charge in [0.1, 0.15) is 12.1 Å². The summed E-state index contributed by atoms with van der Waals surface area (Å²) in [4.78, 5) is 69.8. The lowest BCUT2D eigenvalue weighted by molar-refractivity contribution is -0.145. The molecule has 1 heterocycles. The molecular weight excluding hydrogens is 660 g/mol. The van der Waals surface area contributed by atoms with Crippen LogP contribution in [-0.4, -0.2) is 102 Å². The monoisotopic (exact) mass is 722 g/mol. The summed E-state index contributed by atoms with van der Waals surface area (Å²) in [6, 6.07) is -3.76. The van der Waals surface area contributed by atoms with E-state index in [0.717, 1.165) is 38.5 Å². The molecule has 0 radical (unpaired) electrons. The number of nitrogens with zero attached hydrogens (tertiary/aromatic N) is 2. The standard InChI is InChI=1S/C36H62N6O7S/c1-10-11-15-25(28(43)31(45)37-23-16-17-23)38-30(44)27-26-24(35(26,7)8)20-42(27)32(46)29(34(4,5)6)39-33(47)40-36(18-13-12-14-19-36)21-50(48,49)41(9)22(2)3/h22-27,29H,10-21H2,1-9H3,(H,37,45)(H,38,44)(H2,39,40,47). The van der Waals surface area contributed by atoms with Gasteiger partial charge in [-0.2, -0.15) is 0 Å². The minimum Gasteiger partial charge on any atom is -0.347 e. The summed E-state index contributed by atoms with van der Waals surface area (Å²) in [5.74, 6) is -2.57. The second-order valence-electron chi connectivity index (χ2n) is 17.3. The molecular formula is C36H62N6O7S.